The van der Waals surface area contributed by atoms with Crippen molar-refractivity contribution in [3.05, 3.63) is 34.9 Å². The Morgan fingerprint density at radius 2 is 2.16 bits per heavy atom. The van der Waals surface area contributed by atoms with Gasteiger partial charge in [0.25, 0.3) is 0 Å². The van der Waals surface area contributed by atoms with Gasteiger partial charge >= 0.3 is 0 Å². The molecule has 0 saturated heterocycles. The zero-order valence-electron chi connectivity index (χ0n) is 11.1. The number of nitrogens with one attached hydrogen (secondary N) is 1. The molecule has 1 saturated carbocycles. The third-order valence-corrected chi connectivity index (χ3v) is 3.66. The molecule has 1 atom stereocenters. The predicted molar refractivity (Wildman–Crippen MR) is 77.4 cm³/mol. The lowest BCUT2D eigenvalue weighted by Gasteiger charge is -2.16. The number of aliphatic hydroxyl groups excluding tert-OH is 1. The third-order valence-electron chi connectivity index (χ3n) is 3.42. The molecule has 3 nitrogen and oxygen atoms in total. The first kappa shape index (κ1) is 14.8. The maximum Gasteiger partial charge on any atom is 0.0897 e. The molecule has 0 amide bonds. The number of rotatable bonds is 7. The Hall–Kier alpha value is -0.610. The summed E-state index contributed by atoms with van der Waals surface area (Å²) in [4.78, 5) is 0. The minimum atomic E-state index is -0.445. The van der Waals surface area contributed by atoms with Gasteiger partial charge in [-0.3, -0.25) is 0 Å². The normalized spacial score (nSPS) is 17.8. The van der Waals surface area contributed by atoms with E-state index in [-0.39, 0.29) is 0 Å². The van der Waals surface area contributed by atoms with E-state index in [1.54, 1.807) is 0 Å². The number of hydrogen-bond donors (Lipinski definition) is 2. The van der Waals surface area contributed by atoms with Gasteiger partial charge in [0.05, 0.1) is 18.8 Å². The molecule has 2 N–H and O–H groups in total. The highest BCUT2D eigenvalue weighted by atomic mass is 35.5. The monoisotopic (exact) mass is 283 g/mol. The number of benzene rings is 1. The van der Waals surface area contributed by atoms with Crippen LogP contribution < -0.4 is 5.32 Å². The Balaban J connectivity index is 1.59. The van der Waals surface area contributed by atoms with Crippen LogP contribution in [0.2, 0.25) is 5.02 Å². The molecule has 0 radical (unpaired) electrons. The van der Waals surface area contributed by atoms with E-state index in [0.29, 0.717) is 25.8 Å². The highest BCUT2D eigenvalue weighted by Gasteiger charge is 2.16. The smallest absolute Gasteiger partial charge is 0.0897 e. The summed E-state index contributed by atoms with van der Waals surface area (Å²) in [6.45, 7) is 1.67. The summed E-state index contributed by atoms with van der Waals surface area (Å²) in [6, 6.07) is 7.73. The summed E-state index contributed by atoms with van der Waals surface area (Å²) in [7, 11) is 0. The molecule has 106 valence electrons. The van der Waals surface area contributed by atoms with Gasteiger partial charge in [0.15, 0.2) is 0 Å². The lowest BCUT2D eigenvalue weighted by Crippen LogP contribution is -2.31. The second kappa shape index (κ2) is 7.85. The number of ether oxygens (including phenoxy) is 1. The van der Waals surface area contributed by atoms with Crippen molar-refractivity contribution in [2.75, 3.05) is 13.2 Å². The quantitative estimate of drug-likeness (QED) is 0.808. The molecule has 1 aromatic carbocycles. The first-order chi connectivity index (χ1) is 9.24. The van der Waals surface area contributed by atoms with Crippen LogP contribution in [0.15, 0.2) is 24.3 Å². The molecule has 2 rings (SSSR count). The largest absolute Gasteiger partial charge is 0.389 e. The van der Waals surface area contributed by atoms with E-state index in [0.717, 1.165) is 23.4 Å². The summed E-state index contributed by atoms with van der Waals surface area (Å²) in [5, 5.41) is 13.8. The third kappa shape index (κ3) is 5.49. The van der Waals surface area contributed by atoms with Crippen LogP contribution in [0.25, 0.3) is 0 Å². The van der Waals surface area contributed by atoms with Crippen LogP contribution in [-0.4, -0.2) is 30.5 Å². The van der Waals surface area contributed by atoms with Gasteiger partial charge in [0.2, 0.25) is 0 Å². The highest BCUT2D eigenvalue weighted by Crippen LogP contribution is 2.20. The molecule has 0 aliphatic heterocycles. The number of hydrogen-bond acceptors (Lipinski definition) is 3. The lowest BCUT2D eigenvalue weighted by molar-refractivity contribution is -0.00549. The summed E-state index contributed by atoms with van der Waals surface area (Å²) < 4.78 is 5.68. The van der Waals surface area contributed by atoms with E-state index in [2.05, 4.69) is 5.32 Å². The fraction of sp³-hybridized carbons (Fsp3) is 0.600. The van der Waals surface area contributed by atoms with Gasteiger partial charge in [-0.1, -0.05) is 36.6 Å². The van der Waals surface area contributed by atoms with Gasteiger partial charge in [-0.15, -0.1) is 0 Å². The van der Waals surface area contributed by atoms with Crippen LogP contribution in [0.3, 0.4) is 0 Å². The Kier molecular flexibility index (Phi) is 6.11. The van der Waals surface area contributed by atoms with Crippen molar-refractivity contribution in [3.8, 4) is 0 Å². The average Bonchev–Trinajstić information content (AvgIpc) is 2.89. The Morgan fingerprint density at radius 3 is 2.89 bits per heavy atom. The minimum Gasteiger partial charge on any atom is -0.389 e. The molecule has 19 heavy (non-hydrogen) atoms. The SMILES string of the molecule is O[C@H](CNCc1cccc(Cl)c1)COC1CCCC1. The lowest BCUT2D eigenvalue weighted by atomic mass is 10.2. The fourth-order valence-corrected chi connectivity index (χ4v) is 2.60. The Labute approximate surface area is 119 Å². The molecule has 0 unspecified atom stereocenters. The van der Waals surface area contributed by atoms with Crippen molar-refractivity contribution in [2.45, 2.75) is 44.4 Å². The molecule has 0 aromatic heterocycles. The summed E-state index contributed by atoms with van der Waals surface area (Å²) in [5.41, 5.74) is 1.12. The first-order valence-corrected chi connectivity index (χ1v) is 7.36. The average molecular weight is 284 g/mol. The molecule has 0 heterocycles. The van der Waals surface area contributed by atoms with E-state index in [1.807, 2.05) is 24.3 Å². The van der Waals surface area contributed by atoms with Crippen molar-refractivity contribution < 1.29 is 9.84 Å². The van der Waals surface area contributed by atoms with E-state index in [1.165, 1.54) is 12.8 Å². The van der Waals surface area contributed by atoms with Crippen molar-refractivity contribution in [1.29, 1.82) is 0 Å². The van der Waals surface area contributed by atoms with Crippen molar-refractivity contribution >= 4 is 11.6 Å². The van der Waals surface area contributed by atoms with Crippen LogP contribution in [0, 0.1) is 0 Å². The molecule has 1 aliphatic rings. The molecule has 0 bridgehead atoms. The Bertz CT molecular complexity index is 380. The highest BCUT2D eigenvalue weighted by molar-refractivity contribution is 6.30. The second-order valence-electron chi connectivity index (χ2n) is 5.15. The molecule has 1 fully saturated rings. The van der Waals surface area contributed by atoms with Crippen LogP contribution in [0.5, 0.6) is 0 Å². The molecular formula is C15H22ClNO2. The molecule has 4 heteroatoms. The van der Waals surface area contributed by atoms with Crippen LogP contribution in [0.4, 0.5) is 0 Å². The van der Waals surface area contributed by atoms with Crippen molar-refractivity contribution in [1.82, 2.24) is 5.32 Å². The zero-order valence-corrected chi connectivity index (χ0v) is 11.9. The van der Waals surface area contributed by atoms with E-state index >= 15 is 0 Å². The standard InChI is InChI=1S/C15H22ClNO2/c16-13-5-3-4-12(8-13)9-17-10-14(18)11-19-15-6-1-2-7-15/h3-5,8,14-15,17-18H,1-2,6-7,9-11H2/t14-/m1/s1. The van der Waals surface area contributed by atoms with Crippen molar-refractivity contribution in [2.24, 2.45) is 0 Å². The summed E-state index contributed by atoms with van der Waals surface area (Å²) >= 11 is 5.91. The fourth-order valence-electron chi connectivity index (χ4n) is 2.39. The van der Waals surface area contributed by atoms with Gasteiger partial charge < -0.3 is 15.2 Å². The van der Waals surface area contributed by atoms with E-state index in [9.17, 15) is 5.11 Å². The predicted octanol–water partition coefficient (Wildman–Crippen LogP) is 2.75. The van der Waals surface area contributed by atoms with Crippen LogP contribution >= 0.6 is 11.6 Å². The Morgan fingerprint density at radius 1 is 1.37 bits per heavy atom. The maximum absolute atomic E-state index is 9.83. The molecule has 0 spiro atoms. The van der Waals surface area contributed by atoms with E-state index < -0.39 is 6.10 Å². The van der Waals surface area contributed by atoms with Gasteiger partial charge in [-0.25, -0.2) is 0 Å². The van der Waals surface area contributed by atoms with Crippen LogP contribution in [-0.2, 0) is 11.3 Å². The summed E-state index contributed by atoms with van der Waals surface area (Å²) in [5.74, 6) is 0. The van der Waals surface area contributed by atoms with Gasteiger partial charge in [0.1, 0.15) is 0 Å². The number of halogens is 1. The van der Waals surface area contributed by atoms with Gasteiger partial charge in [-0.2, -0.15) is 0 Å². The second-order valence-corrected chi connectivity index (χ2v) is 5.59. The maximum atomic E-state index is 9.83. The van der Waals surface area contributed by atoms with Gasteiger partial charge in [0, 0.05) is 18.1 Å². The van der Waals surface area contributed by atoms with Gasteiger partial charge in [-0.05, 0) is 30.5 Å². The summed E-state index contributed by atoms with van der Waals surface area (Å²) in [6.07, 6.45) is 4.72. The van der Waals surface area contributed by atoms with Crippen molar-refractivity contribution in [3.63, 3.8) is 0 Å². The molecular weight excluding hydrogens is 262 g/mol. The minimum absolute atomic E-state index is 0.363. The molecule has 1 aromatic rings. The molecule has 1 aliphatic carbocycles. The topological polar surface area (TPSA) is 41.5 Å². The van der Waals surface area contributed by atoms with Crippen LogP contribution in [0.1, 0.15) is 31.2 Å². The first-order valence-electron chi connectivity index (χ1n) is 6.99. The number of aliphatic hydroxyl groups is 1. The van der Waals surface area contributed by atoms with E-state index in [4.69, 9.17) is 16.3 Å². The zero-order chi connectivity index (χ0) is 13.5.